The van der Waals surface area contributed by atoms with Gasteiger partial charge in [0.25, 0.3) is 0 Å². The summed E-state index contributed by atoms with van der Waals surface area (Å²) in [4.78, 5) is 21.8. The van der Waals surface area contributed by atoms with E-state index >= 15 is 0 Å². The maximum Gasteiger partial charge on any atom is 0.192 e. The Morgan fingerprint density at radius 3 is 2.64 bits per heavy atom. The summed E-state index contributed by atoms with van der Waals surface area (Å²) < 4.78 is 5.44. The van der Waals surface area contributed by atoms with Crippen LogP contribution >= 0.6 is 23.1 Å². The van der Waals surface area contributed by atoms with Gasteiger partial charge in [0.05, 0.1) is 10.6 Å². The normalized spacial score (nSPS) is 10.7. The molecule has 0 aliphatic heterocycles. The van der Waals surface area contributed by atoms with Gasteiger partial charge in [-0.2, -0.15) is 0 Å². The van der Waals surface area contributed by atoms with Crippen LogP contribution in [0.15, 0.2) is 80.6 Å². The maximum atomic E-state index is 10.7. The first-order valence-electron chi connectivity index (χ1n) is 7.52. The zero-order valence-corrected chi connectivity index (χ0v) is 14.6. The summed E-state index contributed by atoms with van der Waals surface area (Å²) in [5.74, 6) is 1.00. The highest BCUT2D eigenvalue weighted by Crippen LogP contribution is 2.30. The second kappa shape index (κ2) is 7.04. The fourth-order valence-corrected chi connectivity index (χ4v) is 3.75. The highest BCUT2D eigenvalue weighted by atomic mass is 32.2. The Labute approximate surface area is 152 Å². The summed E-state index contributed by atoms with van der Waals surface area (Å²) in [7, 11) is 0. The van der Waals surface area contributed by atoms with Crippen molar-refractivity contribution in [2.75, 3.05) is 0 Å². The van der Waals surface area contributed by atoms with Gasteiger partial charge < -0.3 is 4.42 Å². The molecule has 122 valence electrons. The molecule has 0 aliphatic carbocycles. The molecule has 3 heterocycles. The molecule has 0 amide bonds. The smallest absolute Gasteiger partial charge is 0.192 e. The Morgan fingerprint density at radius 2 is 1.92 bits per heavy atom. The van der Waals surface area contributed by atoms with Crippen molar-refractivity contribution >= 4 is 29.4 Å². The molecule has 0 atom stereocenters. The first-order valence-corrected chi connectivity index (χ1v) is 9.22. The third-order valence-corrected chi connectivity index (χ3v) is 5.28. The van der Waals surface area contributed by atoms with E-state index in [2.05, 4.69) is 9.97 Å². The first-order chi connectivity index (χ1) is 12.3. The number of aldehydes is 1. The molecule has 4 rings (SSSR count). The fraction of sp³-hybridized carbons (Fsp3) is 0. The number of furan rings is 1. The molecule has 3 aromatic heterocycles. The monoisotopic (exact) mass is 364 g/mol. The van der Waals surface area contributed by atoms with E-state index in [-0.39, 0.29) is 0 Å². The van der Waals surface area contributed by atoms with Crippen LogP contribution < -0.4 is 0 Å². The lowest BCUT2D eigenvalue weighted by molar-refractivity contribution is 0.110. The average Bonchev–Trinajstić information content (AvgIpc) is 3.35. The summed E-state index contributed by atoms with van der Waals surface area (Å²) in [6, 6.07) is 17.3. The van der Waals surface area contributed by atoms with E-state index in [0.29, 0.717) is 23.0 Å². The van der Waals surface area contributed by atoms with Crippen molar-refractivity contribution in [3.05, 3.63) is 71.9 Å². The van der Waals surface area contributed by atoms with Crippen LogP contribution in [0.4, 0.5) is 0 Å². The van der Waals surface area contributed by atoms with Crippen molar-refractivity contribution in [1.29, 1.82) is 0 Å². The maximum absolute atomic E-state index is 10.7. The van der Waals surface area contributed by atoms with Gasteiger partial charge in [-0.05, 0) is 53.5 Å². The summed E-state index contributed by atoms with van der Waals surface area (Å²) >= 11 is 3.17. The van der Waals surface area contributed by atoms with E-state index in [0.717, 1.165) is 21.0 Å². The largest absolute Gasteiger partial charge is 0.453 e. The Morgan fingerprint density at radius 1 is 1.04 bits per heavy atom. The van der Waals surface area contributed by atoms with Gasteiger partial charge in [-0.1, -0.05) is 18.2 Å². The molecule has 25 heavy (non-hydrogen) atoms. The van der Waals surface area contributed by atoms with Gasteiger partial charge >= 0.3 is 0 Å². The van der Waals surface area contributed by atoms with Crippen molar-refractivity contribution in [1.82, 2.24) is 9.97 Å². The molecule has 0 bridgehead atoms. The minimum absolute atomic E-state index is 0.326. The second-order valence-electron chi connectivity index (χ2n) is 5.15. The number of nitrogens with zero attached hydrogens (tertiary/aromatic N) is 2. The number of carbonyl (C=O) groups is 1. The SMILES string of the molecule is O=Cc1ccc(-c2ccc(Sc3nccc(-c4cccs4)n3)cc2)o1. The quantitative estimate of drug-likeness (QED) is 0.349. The molecule has 4 nitrogen and oxygen atoms in total. The van der Waals surface area contributed by atoms with Crippen LogP contribution in [0.2, 0.25) is 0 Å². The second-order valence-corrected chi connectivity index (χ2v) is 7.14. The minimum Gasteiger partial charge on any atom is -0.453 e. The van der Waals surface area contributed by atoms with Crippen molar-refractivity contribution in [3.8, 4) is 21.9 Å². The van der Waals surface area contributed by atoms with Gasteiger partial charge in [0.15, 0.2) is 17.2 Å². The standard InChI is InChI=1S/C19H12N2O2S2/c22-12-14-5-8-17(23-14)13-3-6-15(7-4-13)25-19-20-10-9-16(21-19)18-2-1-11-24-18/h1-12H. The molecule has 1 aromatic carbocycles. The van der Waals surface area contributed by atoms with Crippen LogP contribution in [-0.2, 0) is 0 Å². The zero-order chi connectivity index (χ0) is 17.1. The molecular formula is C19H12N2O2S2. The van der Waals surface area contributed by atoms with Gasteiger partial charge in [0.2, 0.25) is 0 Å². The van der Waals surface area contributed by atoms with Gasteiger partial charge in [-0.15, -0.1) is 11.3 Å². The third kappa shape index (κ3) is 3.55. The molecule has 0 spiro atoms. The van der Waals surface area contributed by atoms with Gasteiger partial charge in [-0.25, -0.2) is 9.97 Å². The predicted molar refractivity (Wildman–Crippen MR) is 99.0 cm³/mol. The molecule has 0 radical (unpaired) electrons. The minimum atomic E-state index is 0.326. The molecule has 0 saturated heterocycles. The number of aromatic nitrogens is 2. The number of hydrogen-bond donors (Lipinski definition) is 0. The van der Waals surface area contributed by atoms with E-state index < -0.39 is 0 Å². The van der Waals surface area contributed by atoms with Crippen molar-refractivity contribution in [2.45, 2.75) is 10.1 Å². The molecule has 0 saturated carbocycles. The van der Waals surface area contributed by atoms with E-state index in [1.54, 1.807) is 29.7 Å². The van der Waals surface area contributed by atoms with E-state index in [1.165, 1.54) is 11.8 Å². The Kier molecular flexibility index (Phi) is 4.45. The van der Waals surface area contributed by atoms with Crippen LogP contribution in [0.3, 0.4) is 0 Å². The lowest BCUT2D eigenvalue weighted by atomic mass is 10.2. The molecule has 0 N–H and O–H groups in total. The predicted octanol–water partition coefficient (Wildman–Crippen LogP) is 5.43. The van der Waals surface area contributed by atoms with Crippen LogP contribution in [-0.4, -0.2) is 16.3 Å². The van der Waals surface area contributed by atoms with Gasteiger partial charge in [-0.3, -0.25) is 4.79 Å². The van der Waals surface area contributed by atoms with Crippen LogP contribution in [0.25, 0.3) is 21.9 Å². The summed E-state index contributed by atoms with van der Waals surface area (Å²) in [5, 5.41) is 2.74. The molecule has 4 aromatic rings. The van der Waals surface area contributed by atoms with Crippen molar-refractivity contribution in [2.24, 2.45) is 0 Å². The lowest BCUT2D eigenvalue weighted by Gasteiger charge is -2.03. The molecule has 0 unspecified atom stereocenters. The first kappa shape index (κ1) is 15.8. The topological polar surface area (TPSA) is 56.0 Å². The molecule has 0 fully saturated rings. The molecule has 6 heteroatoms. The van der Waals surface area contributed by atoms with Crippen LogP contribution in [0.5, 0.6) is 0 Å². The number of rotatable bonds is 5. The lowest BCUT2D eigenvalue weighted by Crippen LogP contribution is -1.88. The highest BCUT2D eigenvalue weighted by molar-refractivity contribution is 7.99. The fourth-order valence-electron chi connectivity index (χ4n) is 2.32. The number of thiophene rings is 1. The van der Waals surface area contributed by atoms with Crippen LogP contribution in [0, 0.1) is 0 Å². The van der Waals surface area contributed by atoms with Crippen LogP contribution in [0.1, 0.15) is 10.6 Å². The Hall–Kier alpha value is -2.70. The summed E-state index contributed by atoms with van der Waals surface area (Å²) in [6.45, 7) is 0. The van der Waals surface area contributed by atoms with Crippen molar-refractivity contribution < 1.29 is 9.21 Å². The molecule has 0 aliphatic rings. The van der Waals surface area contributed by atoms with Gasteiger partial charge in [0, 0.05) is 16.7 Å². The van der Waals surface area contributed by atoms with E-state index in [4.69, 9.17) is 4.42 Å². The van der Waals surface area contributed by atoms with Crippen molar-refractivity contribution in [3.63, 3.8) is 0 Å². The van der Waals surface area contributed by atoms with E-state index in [9.17, 15) is 4.79 Å². The summed E-state index contributed by atoms with van der Waals surface area (Å²) in [5.41, 5.74) is 1.85. The average molecular weight is 364 g/mol. The Balaban J connectivity index is 1.53. The summed E-state index contributed by atoms with van der Waals surface area (Å²) in [6.07, 6.45) is 2.48. The zero-order valence-electron chi connectivity index (χ0n) is 13.0. The highest BCUT2D eigenvalue weighted by Gasteiger charge is 2.07. The number of carbonyl (C=O) groups excluding carboxylic acids is 1. The number of benzene rings is 1. The Bertz CT molecular complexity index is 992. The number of hydrogen-bond acceptors (Lipinski definition) is 6. The molecular weight excluding hydrogens is 352 g/mol. The van der Waals surface area contributed by atoms with Gasteiger partial charge in [0.1, 0.15) is 5.76 Å². The third-order valence-electron chi connectivity index (χ3n) is 3.50. The van der Waals surface area contributed by atoms with E-state index in [1.807, 2.05) is 47.8 Å².